The van der Waals surface area contributed by atoms with E-state index in [0.29, 0.717) is 12.2 Å². The Bertz CT molecular complexity index is 694. The third-order valence-corrected chi connectivity index (χ3v) is 3.38. The number of carbonyl (C=O) groups excluding carboxylic acids is 1. The van der Waals surface area contributed by atoms with Crippen LogP contribution in [0.2, 0.25) is 0 Å². The zero-order chi connectivity index (χ0) is 16.7. The van der Waals surface area contributed by atoms with Crippen LogP contribution in [0, 0.1) is 11.8 Å². The van der Waals surface area contributed by atoms with Gasteiger partial charge in [-0.15, -0.1) is 0 Å². The van der Waals surface area contributed by atoms with Crippen LogP contribution in [0.25, 0.3) is 0 Å². The minimum Gasteiger partial charge on any atom is -0.462 e. The molecule has 3 heteroatoms. The molecule has 0 spiro atoms. The van der Waals surface area contributed by atoms with Crippen molar-refractivity contribution in [1.82, 2.24) is 4.90 Å². The van der Waals surface area contributed by atoms with E-state index in [1.165, 1.54) is 0 Å². The van der Waals surface area contributed by atoms with Crippen molar-refractivity contribution in [3.05, 3.63) is 71.3 Å². The number of hydrogen-bond donors (Lipinski definition) is 0. The molecule has 2 aromatic carbocycles. The van der Waals surface area contributed by atoms with Crippen molar-refractivity contribution in [2.24, 2.45) is 0 Å². The first-order valence-corrected chi connectivity index (χ1v) is 7.62. The second-order valence-electron chi connectivity index (χ2n) is 5.34. The van der Waals surface area contributed by atoms with E-state index in [4.69, 9.17) is 4.74 Å². The van der Waals surface area contributed by atoms with Crippen molar-refractivity contribution in [3.8, 4) is 11.8 Å². The number of carbonyl (C=O) groups is 1. The number of esters is 1. The fraction of sp³-hybridized carbons (Fsp3) is 0.250. The number of rotatable bonds is 4. The zero-order valence-electron chi connectivity index (χ0n) is 13.7. The molecule has 3 nitrogen and oxygen atoms in total. The van der Waals surface area contributed by atoms with E-state index in [2.05, 4.69) is 16.7 Å². The molecular weight excluding hydrogens is 286 g/mol. The van der Waals surface area contributed by atoms with Crippen LogP contribution in [-0.4, -0.2) is 31.6 Å². The lowest BCUT2D eigenvalue weighted by Crippen LogP contribution is -2.18. The van der Waals surface area contributed by atoms with Gasteiger partial charge in [-0.1, -0.05) is 42.2 Å². The highest BCUT2D eigenvalue weighted by atomic mass is 16.5. The van der Waals surface area contributed by atoms with E-state index >= 15 is 0 Å². The highest BCUT2D eigenvalue weighted by Crippen LogP contribution is 2.18. The molecule has 0 saturated heterocycles. The van der Waals surface area contributed by atoms with E-state index < -0.39 is 0 Å². The molecule has 1 unspecified atom stereocenters. The Balaban J connectivity index is 2.22. The van der Waals surface area contributed by atoms with Crippen molar-refractivity contribution < 1.29 is 9.53 Å². The third-order valence-electron chi connectivity index (χ3n) is 3.38. The first-order valence-electron chi connectivity index (χ1n) is 7.62. The predicted molar refractivity (Wildman–Crippen MR) is 92.1 cm³/mol. The molecule has 0 radical (unpaired) electrons. The molecule has 23 heavy (non-hydrogen) atoms. The van der Waals surface area contributed by atoms with Crippen LogP contribution >= 0.6 is 0 Å². The summed E-state index contributed by atoms with van der Waals surface area (Å²) in [5, 5.41) is 0. The van der Waals surface area contributed by atoms with E-state index in [1.807, 2.05) is 56.6 Å². The van der Waals surface area contributed by atoms with Gasteiger partial charge in [-0.2, -0.15) is 0 Å². The summed E-state index contributed by atoms with van der Waals surface area (Å²) in [6.07, 6.45) is 0. The summed E-state index contributed by atoms with van der Waals surface area (Å²) in [5.74, 6) is 6.19. The molecular formula is C20H21NO2. The van der Waals surface area contributed by atoms with Gasteiger partial charge in [0.15, 0.2) is 0 Å². The lowest BCUT2D eigenvalue weighted by molar-refractivity contribution is 0.0526. The molecule has 1 atom stereocenters. The minimum atomic E-state index is -0.296. The summed E-state index contributed by atoms with van der Waals surface area (Å²) in [7, 11) is 3.98. The summed E-state index contributed by atoms with van der Waals surface area (Å²) in [4.78, 5) is 13.8. The molecule has 0 aromatic heterocycles. The standard InChI is InChI=1S/C20H21NO2/c1-4-23-20(22)18-13-11-17(12-14-18)19(21(2)3)15-10-16-8-6-5-7-9-16/h5-9,11-14,19H,4H2,1-3H3. The van der Waals surface area contributed by atoms with Crippen LogP contribution in [-0.2, 0) is 4.74 Å². The third kappa shape index (κ3) is 4.70. The van der Waals surface area contributed by atoms with Crippen molar-refractivity contribution in [1.29, 1.82) is 0 Å². The van der Waals surface area contributed by atoms with Crippen molar-refractivity contribution in [3.63, 3.8) is 0 Å². The summed E-state index contributed by atoms with van der Waals surface area (Å²) in [6, 6.07) is 17.3. The Kier molecular flexibility index (Phi) is 5.96. The summed E-state index contributed by atoms with van der Waals surface area (Å²) < 4.78 is 5.00. The largest absolute Gasteiger partial charge is 0.462 e. The monoisotopic (exact) mass is 307 g/mol. The fourth-order valence-corrected chi connectivity index (χ4v) is 2.20. The van der Waals surface area contributed by atoms with E-state index in [9.17, 15) is 4.79 Å². The van der Waals surface area contributed by atoms with Crippen LogP contribution in [0.15, 0.2) is 54.6 Å². The summed E-state index contributed by atoms with van der Waals surface area (Å²) in [6.45, 7) is 2.18. The van der Waals surface area contributed by atoms with Gasteiger partial charge in [0.25, 0.3) is 0 Å². The number of benzene rings is 2. The SMILES string of the molecule is CCOC(=O)c1ccc(C(C#Cc2ccccc2)N(C)C)cc1. The molecule has 2 aromatic rings. The Hall–Kier alpha value is -2.57. The maximum atomic E-state index is 11.7. The number of nitrogens with zero attached hydrogens (tertiary/aromatic N) is 1. The second-order valence-corrected chi connectivity index (χ2v) is 5.34. The van der Waals surface area contributed by atoms with Gasteiger partial charge in [-0.05, 0) is 50.8 Å². The minimum absolute atomic E-state index is 0.0357. The smallest absolute Gasteiger partial charge is 0.338 e. The van der Waals surface area contributed by atoms with Gasteiger partial charge in [0, 0.05) is 5.56 Å². The average Bonchev–Trinajstić information content (AvgIpc) is 2.56. The lowest BCUT2D eigenvalue weighted by Gasteiger charge is -2.19. The van der Waals surface area contributed by atoms with Gasteiger partial charge in [-0.25, -0.2) is 4.79 Å². The molecule has 0 aliphatic rings. The van der Waals surface area contributed by atoms with Crippen LogP contribution in [0.4, 0.5) is 0 Å². The summed E-state index contributed by atoms with van der Waals surface area (Å²) >= 11 is 0. The molecule has 0 amide bonds. The highest BCUT2D eigenvalue weighted by Gasteiger charge is 2.12. The van der Waals surface area contributed by atoms with E-state index in [-0.39, 0.29) is 12.0 Å². The zero-order valence-corrected chi connectivity index (χ0v) is 13.7. The van der Waals surface area contributed by atoms with Crippen molar-refractivity contribution in [2.45, 2.75) is 13.0 Å². The summed E-state index contributed by atoms with van der Waals surface area (Å²) in [5.41, 5.74) is 2.60. The Morgan fingerprint density at radius 2 is 1.74 bits per heavy atom. The van der Waals surface area contributed by atoms with Crippen molar-refractivity contribution in [2.75, 3.05) is 20.7 Å². The first kappa shape index (κ1) is 16.8. The Labute approximate surface area is 137 Å². The van der Waals surface area contributed by atoms with Gasteiger partial charge < -0.3 is 4.74 Å². The predicted octanol–water partition coefficient (Wildman–Crippen LogP) is 3.52. The second kappa shape index (κ2) is 8.17. The molecule has 0 aliphatic heterocycles. The van der Waals surface area contributed by atoms with Crippen LogP contribution < -0.4 is 0 Å². The van der Waals surface area contributed by atoms with Gasteiger partial charge in [-0.3, -0.25) is 4.90 Å². The van der Waals surface area contributed by atoms with E-state index in [0.717, 1.165) is 11.1 Å². The molecule has 0 fully saturated rings. The average molecular weight is 307 g/mol. The quantitative estimate of drug-likeness (QED) is 0.639. The maximum absolute atomic E-state index is 11.7. The molecule has 0 N–H and O–H groups in total. The maximum Gasteiger partial charge on any atom is 0.338 e. The van der Waals surface area contributed by atoms with Gasteiger partial charge in [0.05, 0.1) is 18.2 Å². The fourth-order valence-electron chi connectivity index (χ4n) is 2.20. The molecule has 118 valence electrons. The van der Waals surface area contributed by atoms with Gasteiger partial charge in [0.2, 0.25) is 0 Å². The normalized spacial score (nSPS) is 11.5. The van der Waals surface area contributed by atoms with Crippen LogP contribution in [0.1, 0.15) is 34.5 Å². The number of ether oxygens (including phenoxy) is 1. The van der Waals surface area contributed by atoms with Gasteiger partial charge in [0.1, 0.15) is 0 Å². The van der Waals surface area contributed by atoms with Gasteiger partial charge >= 0.3 is 5.97 Å². The topological polar surface area (TPSA) is 29.5 Å². The highest BCUT2D eigenvalue weighted by molar-refractivity contribution is 5.89. The molecule has 0 aliphatic carbocycles. The number of hydrogen-bond acceptors (Lipinski definition) is 3. The molecule has 2 rings (SSSR count). The Morgan fingerprint density at radius 3 is 2.30 bits per heavy atom. The van der Waals surface area contributed by atoms with E-state index in [1.54, 1.807) is 19.1 Å². The van der Waals surface area contributed by atoms with Crippen LogP contribution in [0.3, 0.4) is 0 Å². The molecule has 0 heterocycles. The molecule has 0 saturated carbocycles. The van der Waals surface area contributed by atoms with Crippen molar-refractivity contribution >= 4 is 5.97 Å². The Morgan fingerprint density at radius 1 is 1.09 bits per heavy atom. The molecule has 0 bridgehead atoms. The van der Waals surface area contributed by atoms with Crippen LogP contribution in [0.5, 0.6) is 0 Å². The first-order chi connectivity index (χ1) is 11.1. The lowest BCUT2D eigenvalue weighted by atomic mass is 10.0.